The first-order valence-corrected chi connectivity index (χ1v) is 13.5. The first kappa shape index (κ1) is 24.3. The smallest absolute Gasteiger partial charge is 0.239 e. The molecule has 0 aliphatic carbocycles. The van der Waals surface area contributed by atoms with Crippen LogP contribution in [0.25, 0.3) is 27.8 Å². The number of rotatable bonds is 7. The van der Waals surface area contributed by atoms with Gasteiger partial charge in [-0.05, 0) is 74.7 Å². The SMILES string of the molecule is CCC(Sc1nnc2cc(C)c3cc(C)cc(C)c3n12)C(=O)Nc1nc(-c2ccc(OC)cc2)cs1. The van der Waals surface area contributed by atoms with Gasteiger partial charge >= 0.3 is 0 Å². The third-order valence-electron chi connectivity index (χ3n) is 6.13. The minimum Gasteiger partial charge on any atom is -0.497 e. The molecular weight excluding hydrogens is 490 g/mol. The molecule has 7 nitrogen and oxygen atoms in total. The zero-order valence-electron chi connectivity index (χ0n) is 20.8. The van der Waals surface area contributed by atoms with E-state index in [0.717, 1.165) is 39.3 Å². The second-order valence-electron chi connectivity index (χ2n) is 8.75. The van der Waals surface area contributed by atoms with Gasteiger partial charge in [-0.2, -0.15) is 0 Å². The van der Waals surface area contributed by atoms with Crippen molar-refractivity contribution in [3.63, 3.8) is 0 Å². The summed E-state index contributed by atoms with van der Waals surface area (Å²) < 4.78 is 7.30. The van der Waals surface area contributed by atoms with Gasteiger partial charge in [0.1, 0.15) is 5.75 Å². The van der Waals surface area contributed by atoms with Crippen molar-refractivity contribution in [3.8, 4) is 17.0 Å². The minimum absolute atomic E-state index is 0.0983. The summed E-state index contributed by atoms with van der Waals surface area (Å²) in [7, 11) is 1.64. The number of carbonyl (C=O) groups is 1. The molecule has 0 fully saturated rings. The van der Waals surface area contributed by atoms with E-state index in [1.165, 1.54) is 34.0 Å². The number of hydrogen-bond acceptors (Lipinski definition) is 7. The van der Waals surface area contributed by atoms with Crippen LogP contribution in [0.5, 0.6) is 5.75 Å². The average Bonchev–Trinajstić information content (AvgIpc) is 3.49. The molecule has 0 saturated carbocycles. The van der Waals surface area contributed by atoms with Crippen LogP contribution in [0.1, 0.15) is 30.0 Å². The van der Waals surface area contributed by atoms with Crippen molar-refractivity contribution >= 4 is 50.7 Å². The number of aryl methyl sites for hydroxylation is 3. The quantitative estimate of drug-likeness (QED) is 0.250. The number of hydrogen-bond donors (Lipinski definition) is 1. The number of thiazole rings is 1. The fraction of sp³-hybridized carbons (Fsp3) is 0.259. The normalized spacial score (nSPS) is 12.2. The number of nitrogens with zero attached hydrogens (tertiary/aromatic N) is 4. The number of amides is 1. The molecule has 0 bridgehead atoms. The summed E-state index contributed by atoms with van der Waals surface area (Å²) in [5.41, 5.74) is 7.19. The van der Waals surface area contributed by atoms with Crippen LogP contribution in [0, 0.1) is 20.8 Å². The molecule has 36 heavy (non-hydrogen) atoms. The van der Waals surface area contributed by atoms with Gasteiger partial charge in [-0.1, -0.05) is 30.3 Å². The molecule has 1 atom stereocenters. The summed E-state index contributed by atoms with van der Waals surface area (Å²) in [6, 6.07) is 14.1. The number of carbonyl (C=O) groups excluding carboxylic acids is 1. The number of anilines is 1. The Morgan fingerprint density at radius 3 is 2.61 bits per heavy atom. The molecule has 0 saturated heterocycles. The van der Waals surface area contributed by atoms with Gasteiger partial charge in [0.15, 0.2) is 15.9 Å². The fourth-order valence-electron chi connectivity index (χ4n) is 4.35. The summed E-state index contributed by atoms with van der Waals surface area (Å²) in [5, 5.41) is 15.9. The lowest BCUT2D eigenvalue weighted by Crippen LogP contribution is -2.24. The molecule has 0 spiro atoms. The van der Waals surface area contributed by atoms with Crippen LogP contribution < -0.4 is 10.1 Å². The van der Waals surface area contributed by atoms with Gasteiger partial charge < -0.3 is 10.1 Å². The number of ether oxygens (including phenoxy) is 1. The van der Waals surface area contributed by atoms with Crippen molar-refractivity contribution in [1.82, 2.24) is 19.6 Å². The first-order chi connectivity index (χ1) is 17.4. The van der Waals surface area contributed by atoms with Gasteiger partial charge in [0.25, 0.3) is 0 Å². The van der Waals surface area contributed by atoms with E-state index in [-0.39, 0.29) is 11.2 Å². The summed E-state index contributed by atoms with van der Waals surface area (Å²) in [6.45, 7) is 8.31. The molecule has 0 aliphatic heterocycles. The van der Waals surface area contributed by atoms with Gasteiger partial charge in [-0.3, -0.25) is 9.20 Å². The third-order valence-corrected chi connectivity index (χ3v) is 8.19. The number of thioether (sulfide) groups is 1. The van der Waals surface area contributed by atoms with E-state index < -0.39 is 0 Å². The van der Waals surface area contributed by atoms with E-state index in [0.29, 0.717) is 16.7 Å². The predicted octanol–water partition coefficient (Wildman–Crippen LogP) is 6.45. The van der Waals surface area contributed by atoms with Crippen LogP contribution in [0.15, 0.2) is 53.0 Å². The highest BCUT2D eigenvalue weighted by atomic mass is 32.2. The van der Waals surface area contributed by atoms with Crippen LogP contribution in [0.4, 0.5) is 5.13 Å². The second-order valence-corrected chi connectivity index (χ2v) is 10.8. The number of aromatic nitrogens is 4. The van der Waals surface area contributed by atoms with Crippen molar-refractivity contribution in [1.29, 1.82) is 0 Å². The largest absolute Gasteiger partial charge is 0.497 e. The molecule has 3 heterocycles. The number of pyridine rings is 1. The molecule has 184 valence electrons. The Morgan fingerprint density at radius 1 is 1.11 bits per heavy atom. The molecule has 1 amide bonds. The monoisotopic (exact) mass is 517 g/mol. The van der Waals surface area contributed by atoms with Crippen molar-refractivity contribution in [3.05, 3.63) is 64.5 Å². The summed E-state index contributed by atoms with van der Waals surface area (Å²) in [5.74, 6) is 0.693. The molecule has 3 aromatic heterocycles. The molecular formula is C27H27N5O2S2. The molecule has 9 heteroatoms. The van der Waals surface area contributed by atoms with E-state index in [2.05, 4.69) is 63.9 Å². The molecule has 0 radical (unpaired) electrons. The molecule has 0 aliphatic rings. The highest BCUT2D eigenvalue weighted by Gasteiger charge is 2.23. The Labute approximate surface area is 217 Å². The van der Waals surface area contributed by atoms with E-state index >= 15 is 0 Å². The van der Waals surface area contributed by atoms with Gasteiger partial charge in [0.2, 0.25) is 5.91 Å². The molecule has 1 N–H and O–H groups in total. The van der Waals surface area contributed by atoms with Gasteiger partial charge in [0, 0.05) is 16.3 Å². The van der Waals surface area contributed by atoms with Crippen molar-refractivity contribution in [2.24, 2.45) is 0 Å². The average molecular weight is 518 g/mol. The Kier molecular flexibility index (Phi) is 6.68. The Bertz CT molecular complexity index is 1570. The van der Waals surface area contributed by atoms with Crippen molar-refractivity contribution in [2.75, 3.05) is 12.4 Å². The van der Waals surface area contributed by atoms with Crippen LogP contribution in [0.2, 0.25) is 0 Å². The minimum atomic E-state index is -0.340. The van der Waals surface area contributed by atoms with Crippen LogP contribution in [-0.4, -0.2) is 37.8 Å². The number of nitrogens with one attached hydrogen (secondary N) is 1. The zero-order chi connectivity index (χ0) is 25.4. The molecule has 5 rings (SSSR count). The van der Waals surface area contributed by atoms with Crippen molar-refractivity contribution in [2.45, 2.75) is 44.5 Å². The maximum atomic E-state index is 13.2. The fourth-order valence-corrected chi connectivity index (χ4v) is 6.04. The number of methoxy groups -OCH3 is 1. The lowest BCUT2D eigenvalue weighted by atomic mass is 10.0. The second kappa shape index (κ2) is 9.91. The Hall–Kier alpha value is -3.43. The summed E-state index contributed by atoms with van der Waals surface area (Å²) >= 11 is 2.84. The maximum absolute atomic E-state index is 13.2. The lowest BCUT2D eigenvalue weighted by molar-refractivity contribution is -0.115. The highest BCUT2D eigenvalue weighted by molar-refractivity contribution is 8.00. The van der Waals surface area contributed by atoms with Crippen LogP contribution in [-0.2, 0) is 4.79 Å². The molecule has 1 unspecified atom stereocenters. The topological polar surface area (TPSA) is 81.4 Å². The van der Waals surface area contributed by atoms with Crippen molar-refractivity contribution < 1.29 is 9.53 Å². The van der Waals surface area contributed by atoms with E-state index in [9.17, 15) is 4.79 Å². The van der Waals surface area contributed by atoms with Gasteiger partial charge in [-0.25, -0.2) is 4.98 Å². The Morgan fingerprint density at radius 2 is 1.89 bits per heavy atom. The zero-order valence-corrected chi connectivity index (χ0v) is 22.5. The third kappa shape index (κ3) is 4.56. The molecule has 2 aromatic carbocycles. The maximum Gasteiger partial charge on any atom is 0.239 e. The van der Waals surface area contributed by atoms with Crippen LogP contribution in [0.3, 0.4) is 0 Å². The van der Waals surface area contributed by atoms with Gasteiger partial charge in [0.05, 0.1) is 23.6 Å². The lowest BCUT2D eigenvalue weighted by Gasteiger charge is -2.14. The standard InChI is InChI=1S/C27H27N5O2S2/c1-6-22(25(33)29-26-28-21(14-35-26)18-7-9-19(34-5)10-8-18)36-27-31-30-23-13-16(3)20-12-15(2)11-17(4)24(20)32(23)27/h7-14,22H,6H2,1-5H3,(H,28,29,33). The molecule has 5 aromatic rings. The van der Waals surface area contributed by atoms with E-state index in [1.54, 1.807) is 7.11 Å². The van der Waals surface area contributed by atoms with E-state index in [1.807, 2.05) is 36.6 Å². The first-order valence-electron chi connectivity index (χ1n) is 11.7. The summed E-state index contributed by atoms with van der Waals surface area (Å²) in [6.07, 6.45) is 0.643. The van der Waals surface area contributed by atoms with E-state index in [4.69, 9.17) is 4.74 Å². The predicted molar refractivity (Wildman–Crippen MR) is 147 cm³/mol. The van der Waals surface area contributed by atoms with Gasteiger partial charge in [-0.15, -0.1) is 21.5 Å². The summed E-state index contributed by atoms with van der Waals surface area (Å²) in [4.78, 5) is 17.8. The Balaban J connectivity index is 1.40. The van der Waals surface area contributed by atoms with Crippen LogP contribution >= 0.6 is 23.1 Å². The number of fused-ring (bicyclic) bond motifs is 3. The number of benzene rings is 2. The highest BCUT2D eigenvalue weighted by Crippen LogP contribution is 2.32.